The SMILES string of the molecule is COc1cccc(OCC(C)(C)CN)c1. The Hall–Kier alpha value is -1.22. The molecule has 0 aliphatic rings. The van der Waals surface area contributed by atoms with E-state index in [9.17, 15) is 0 Å². The van der Waals surface area contributed by atoms with Crippen LogP contribution >= 0.6 is 0 Å². The first-order valence-corrected chi connectivity index (χ1v) is 5.04. The molecule has 0 fully saturated rings. The fourth-order valence-corrected chi connectivity index (χ4v) is 1.03. The second-order valence-corrected chi connectivity index (χ2v) is 4.34. The van der Waals surface area contributed by atoms with E-state index < -0.39 is 0 Å². The highest BCUT2D eigenvalue weighted by Crippen LogP contribution is 2.21. The summed E-state index contributed by atoms with van der Waals surface area (Å²) in [6, 6.07) is 7.58. The van der Waals surface area contributed by atoms with Gasteiger partial charge >= 0.3 is 0 Å². The Morgan fingerprint density at radius 3 is 2.53 bits per heavy atom. The summed E-state index contributed by atoms with van der Waals surface area (Å²) < 4.78 is 10.8. The van der Waals surface area contributed by atoms with Crippen LogP contribution in [0.5, 0.6) is 11.5 Å². The molecule has 1 aromatic rings. The highest BCUT2D eigenvalue weighted by Gasteiger charge is 2.16. The molecule has 0 bridgehead atoms. The smallest absolute Gasteiger partial charge is 0.123 e. The summed E-state index contributed by atoms with van der Waals surface area (Å²) in [7, 11) is 1.64. The normalized spacial score (nSPS) is 11.2. The third-order valence-corrected chi connectivity index (χ3v) is 2.22. The van der Waals surface area contributed by atoms with Crippen LogP contribution in [0.2, 0.25) is 0 Å². The monoisotopic (exact) mass is 209 g/mol. The average Bonchev–Trinajstić information content (AvgIpc) is 2.27. The van der Waals surface area contributed by atoms with Gasteiger partial charge in [0.05, 0.1) is 13.7 Å². The molecule has 0 heterocycles. The Morgan fingerprint density at radius 1 is 1.27 bits per heavy atom. The van der Waals surface area contributed by atoms with Crippen molar-refractivity contribution in [2.45, 2.75) is 13.8 Å². The Kier molecular flexibility index (Phi) is 3.97. The summed E-state index contributed by atoms with van der Waals surface area (Å²) >= 11 is 0. The number of nitrogens with two attached hydrogens (primary N) is 1. The number of hydrogen-bond donors (Lipinski definition) is 1. The van der Waals surface area contributed by atoms with Crippen molar-refractivity contribution in [2.24, 2.45) is 11.1 Å². The second-order valence-electron chi connectivity index (χ2n) is 4.34. The maximum Gasteiger partial charge on any atom is 0.123 e. The fraction of sp³-hybridized carbons (Fsp3) is 0.500. The van der Waals surface area contributed by atoms with E-state index in [0.717, 1.165) is 11.5 Å². The van der Waals surface area contributed by atoms with Crippen LogP contribution in [0.4, 0.5) is 0 Å². The lowest BCUT2D eigenvalue weighted by atomic mass is 9.95. The largest absolute Gasteiger partial charge is 0.497 e. The first kappa shape index (κ1) is 11.9. The van der Waals surface area contributed by atoms with Crippen LogP contribution < -0.4 is 15.2 Å². The molecule has 0 atom stereocenters. The predicted molar refractivity (Wildman–Crippen MR) is 61.3 cm³/mol. The number of methoxy groups -OCH3 is 1. The molecule has 0 unspecified atom stereocenters. The van der Waals surface area contributed by atoms with Gasteiger partial charge in [0.25, 0.3) is 0 Å². The van der Waals surface area contributed by atoms with E-state index in [2.05, 4.69) is 13.8 Å². The van der Waals surface area contributed by atoms with E-state index >= 15 is 0 Å². The summed E-state index contributed by atoms with van der Waals surface area (Å²) in [4.78, 5) is 0. The molecular formula is C12H19NO2. The molecule has 0 amide bonds. The average molecular weight is 209 g/mol. The summed E-state index contributed by atoms with van der Waals surface area (Å²) in [5.41, 5.74) is 5.62. The van der Waals surface area contributed by atoms with Crippen LogP contribution in [0.15, 0.2) is 24.3 Å². The quantitative estimate of drug-likeness (QED) is 0.807. The maximum absolute atomic E-state index is 5.64. The van der Waals surface area contributed by atoms with Crippen molar-refractivity contribution in [3.63, 3.8) is 0 Å². The van der Waals surface area contributed by atoms with Gasteiger partial charge in [-0.05, 0) is 12.1 Å². The molecule has 0 aliphatic heterocycles. The lowest BCUT2D eigenvalue weighted by molar-refractivity contribution is 0.186. The van der Waals surface area contributed by atoms with E-state index in [-0.39, 0.29) is 5.41 Å². The first-order valence-electron chi connectivity index (χ1n) is 5.04. The van der Waals surface area contributed by atoms with E-state index in [1.54, 1.807) is 7.11 Å². The topological polar surface area (TPSA) is 44.5 Å². The number of rotatable bonds is 5. The van der Waals surface area contributed by atoms with Crippen molar-refractivity contribution >= 4 is 0 Å². The van der Waals surface area contributed by atoms with Crippen molar-refractivity contribution in [3.05, 3.63) is 24.3 Å². The van der Waals surface area contributed by atoms with Crippen molar-refractivity contribution in [1.82, 2.24) is 0 Å². The van der Waals surface area contributed by atoms with E-state index in [4.69, 9.17) is 15.2 Å². The van der Waals surface area contributed by atoms with E-state index in [0.29, 0.717) is 13.2 Å². The molecule has 3 nitrogen and oxygen atoms in total. The van der Waals surface area contributed by atoms with Crippen molar-refractivity contribution in [2.75, 3.05) is 20.3 Å². The highest BCUT2D eigenvalue weighted by atomic mass is 16.5. The molecule has 0 aliphatic carbocycles. The van der Waals surface area contributed by atoms with Crippen LogP contribution in [0.25, 0.3) is 0 Å². The Bertz CT molecular complexity index is 310. The molecule has 3 heteroatoms. The Balaban J connectivity index is 2.57. The van der Waals surface area contributed by atoms with Crippen LogP contribution in [0, 0.1) is 5.41 Å². The molecule has 0 aromatic heterocycles. The maximum atomic E-state index is 5.64. The highest BCUT2D eigenvalue weighted by molar-refractivity contribution is 5.32. The number of hydrogen-bond acceptors (Lipinski definition) is 3. The summed E-state index contributed by atoms with van der Waals surface area (Å²) in [5, 5.41) is 0. The summed E-state index contributed by atoms with van der Waals surface area (Å²) in [6.45, 7) is 5.37. The van der Waals surface area contributed by atoms with Crippen LogP contribution in [-0.2, 0) is 0 Å². The van der Waals surface area contributed by atoms with Crippen molar-refractivity contribution in [3.8, 4) is 11.5 Å². The molecule has 0 saturated carbocycles. The number of benzene rings is 1. The lowest BCUT2D eigenvalue weighted by Crippen LogP contribution is -2.30. The molecular weight excluding hydrogens is 190 g/mol. The third kappa shape index (κ3) is 3.80. The van der Waals surface area contributed by atoms with Gasteiger partial charge in [-0.2, -0.15) is 0 Å². The van der Waals surface area contributed by atoms with Gasteiger partial charge in [-0.25, -0.2) is 0 Å². The first-order chi connectivity index (χ1) is 7.07. The van der Waals surface area contributed by atoms with Gasteiger partial charge in [-0.1, -0.05) is 19.9 Å². The standard InChI is InChI=1S/C12H19NO2/c1-12(2,8-13)9-15-11-6-4-5-10(7-11)14-3/h4-7H,8-9,13H2,1-3H3. The molecule has 84 valence electrons. The minimum absolute atomic E-state index is 0.00305. The van der Waals surface area contributed by atoms with Gasteiger partial charge in [-0.15, -0.1) is 0 Å². The summed E-state index contributed by atoms with van der Waals surface area (Å²) in [6.07, 6.45) is 0. The molecule has 2 N–H and O–H groups in total. The molecule has 1 rings (SSSR count). The van der Waals surface area contributed by atoms with Crippen LogP contribution in [-0.4, -0.2) is 20.3 Å². The number of ether oxygens (including phenoxy) is 2. The molecule has 0 saturated heterocycles. The zero-order valence-corrected chi connectivity index (χ0v) is 9.62. The van der Waals surface area contributed by atoms with Gasteiger partial charge < -0.3 is 15.2 Å². The van der Waals surface area contributed by atoms with Crippen LogP contribution in [0.1, 0.15) is 13.8 Å². The van der Waals surface area contributed by atoms with Gasteiger partial charge in [0, 0.05) is 18.0 Å². The Labute approximate surface area is 91.2 Å². The van der Waals surface area contributed by atoms with Gasteiger partial charge in [0.1, 0.15) is 11.5 Å². The third-order valence-electron chi connectivity index (χ3n) is 2.22. The fourth-order valence-electron chi connectivity index (χ4n) is 1.03. The van der Waals surface area contributed by atoms with E-state index in [1.165, 1.54) is 0 Å². The van der Waals surface area contributed by atoms with E-state index in [1.807, 2.05) is 24.3 Å². The van der Waals surface area contributed by atoms with Gasteiger partial charge in [0.15, 0.2) is 0 Å². The van der Waals surface area contributed by atoms with Crippen molar-refractivity contribution in [1.29, 1.82) is 0 Å². The zero-order valence-electron chi connectivity index (χ0n) is 9.62. The zero-order chi connectivity index (χ0) is 11.3. The molecule has 1 aromatic carbocycles. The molecule has 0 spiro atoms. The van der Waals surface area contributed by atoms with Gasteiger partial charge in [-0.3, -0.25) is 0 Å². The molecule has 0 radical (unpaired) electrons. The van der Waals surface area contributed by atoms with Gasteiger partial charge in [0.2, 0.25) is 0 Å². The second kappa shape index (κ2) is 5.03. The lowest BCUT2D eigenvalue weighted by Gasteiger charge is -2.22. The predicted octanol–water partition coefficient (Wildman–Crippen LogP) is 2.06. The van der Waals surface area contributed by atoms with Crippen LogP contribution in [0.3, 0.4) is 0 Å². The summed E-state index contributed by atoms with van der Waals surface area (Å²) in [5.74, 6) is 1.62. The minimum Gasteiger partial charge on any atom is -0.497 e. The molecule has 15 heavy (non-hydrogen) atoms. The Morgan fingerprint density at radius 2 is 1.93 bits per heavy atom. The van der Waals surface area contributed by atoms with Crippen molar-refractivity contribution < 1.29 is 9.47 Å². The minimum atomic E-state index is 0.00305.